The number of aryl methyl sites for hydroxylation is 1. The Balaban J connectivity index is 1.97. The predicted molar refractivity (Wildman–Crippen MR) is 122 cm³/mol. The summed E-state index contributed by atoms with van der Waals surface area (Å²) in [4.78, 5) is 15.4. The summed E-state index contributed by atoms with van der Waals surface area (Å²) in [6, 6.07) is 13.6. The van der Waals surface area contributed by atoms with Gasteiger partial charge in [0.05, 0.1) is 5.69 Å². The van der Waals surface area contributed by atoms with Gasteiger partial charge in [-0.2, -0.15) is 16.6 Å². The lowest BCUT2D eigenvalue weighted by molar-refractivity contribution is 0.477. The zero-order valence-electron chi connectivity index (χ0n) is 15.7. The molecule has 0 saturated heterocycles. The molecule has 0 atom stereocenters. The van der Waals surface area contributed by atoms with E-state index >= 15 is 0 Å². The van der Waals surface area contributed by atoms with E-state index < -0.39 is 5.56 Å². The van der Waals surface area contributed by atoms with Crippen LogP contribution < -0.4 is 5.56 Å². The molecule has 4 rings (SSSR count). The molecule has 0 bridgehead atoms. The van der Waals surface area contributed by atoms with E-state index in [2.05, 4.69) is 4.98 Å². The lowest BCUT2D eigenvalue weighted by Gasteiger charge is -2.12. The maximum Gasteiger partial charge on any atom is 0.266 e. The number of hydrogen-bond acceptors (Lipinski definition) is 4. The maximum atomic E-state index is 12.7. The summed E-state index contributed by atoms with van der Waals surface area (Å²) in [7, 11) is 0. The fourth-order valence-electron chi connectivity index (χ4n) is 3.31. The largest absolute Gasteiger partial charge is 0.507 e. The van der Waals surface area contributed by atoms with Gasteiger partial charge in [-0.1, -0.05) is 29.3 Å². The molecule has 0 aliphatic carbocycles. The molecule has 0 aliphatic rings. The summed E-state index contributed by atoms with van der Waals surface area (Å²) in [5.41, 5.74) is 4.07. The first kappa shape index (κ1) is 20.2. The second-order valence-corrected chi connectivity index (χ2v) is 8.32. The third kappa shape index (κ3) is 3.61. The van der Waals surface area contributed by atoms with Crippen molar-refractivity contribution in [3.8, 4) is 45.3 Å². The first-order valence-electron chi connectivity index (χ1n) is 8.88. The van der Waals surface area contributed by atoms with Crippen LogP contribution in [-0.4, -0.2) is 10.1 Å². The molecular formula is C23H14Cl2N2O2S. The molecule has 148 valence electrons. The molecule has 30 heavy (non-hydrogen) atoms. The summed E-state index contributed by atoms with van der Waals surface area (Å²) < 4.78 is 0. The van der Waals surface area contributed by atoms with Crippen LogP contribution in [0.2, 0.25) is 10.0 Å². The molecule has 0 spiro atoms. The number of thiophene rings is 1. The standard InChI is InChI=1S/C23H14Cl2N2O2S/c1-12-10-30-11-19(12)13-2-5-22(28)17(6-13)21-8-15(18(9-26)23(29)27-21)16-7-14(24)3-4-20(16)25/h2-8,10-11,28H,1H3,(H,27,29). The van der Waals surface area contributed by atoms with Crippen LogP contribution in [0.3, 0.4) is 0 Å². The smallest absolute Gasteiger partial charge is 0.266 e. The van der Waals surface area contributed by atoms with Crippen molar-refractivity contribution in [2.75, 3.05) is 0 Å². The number of hydrogen-bond donors (Lipinski definition) is 2. The van der Waals surface area contributed by atoms with Gasteiger partial charge in [0.15, 0.2) is 0 Å². The molecule has 7 heteroatoms. The Morgan fingerprint density at radius 1 is 1.00 bits per heavy atom. The average Bonchev–Trinajstić information content (AvgIpc) is 3.15. The maximum absolute atomic E-state index is 12.7. The number of aromatic nitrogens is 1. The lowest BCUT2D eigenvalue weighted by atomic mass is 9.96. The highest BCUT2D eigenvalue weighted by molar-refractivity contribution is 7.08. The van der Waals surface area contributed by atoms with Crippen LogP contribution >= 0.6 is 34.5 Å². The summed E-state index contributed by atoms with van der Waals surface area (Å²) in [6.07, 6.45) is 0. The molecule has 0 radical (unpaired) electrons. The number of benzene rings is 2. The SMILES string of the molecule is Cc1cscc1-c1ccc(O)c(-c2cc(-c3cc(Cl)ccc3Cl)c(C#N)c(=O)[nH]2)c1. The number of phenols is 1. The van der Waals surface area contributed by atoms with Crippen molar-refractivity contribution < 1.29 is 5.11 Å². The summed E-state index contributed by atoms with van der Waals surface area (Å²) in [6.45, 7) is 2.02. The van der Waals surface area contributed by atoms with E-state index in [4.69, 9.17) is 23.2 Å². The minimum Gasteiger partial charge on any atom is -0.507 e. The normalized spacial score (nSPS) is 10.7. The van der Waals surface area contributed by atoms with Gasteiger partial charge in [-0.15, -0.1) is 0 Å². The van der Waals surface area contributed by atoms with Crippen LogP contribution in [-0.2, 0) is 0 Å². The zero-order valence-corrected chi connectivity index (χ0v) is 18.0. The van der Waals surface area contributed by atoms with Crippen molar-refractivity contribution in [3.63, 3.8) is 0 Å². The average molecular weight is 453 g/mol. The Morgan fingerprint density at radius 2 is 1.80 bits per heavy atom. The highest BCUT2D eigenvalue weighted by Gasteiger charge is 2.17. The monoisotopic (exact) mass is 452 g/mol. The molecule has 2 N–H and O–H groups in total. The first-order chi connectivity index (χ1) is 14.4. The summed E-state index contributed by atoms with van der Waals surface area (Å²) in [5, 5.41) is 24.9. The summed E-state index contributed by atoms with van der Waals surface area (Å²) in [5.74, 6) is 0.00938. The number of nitrogens with zero attached hydrogens (tertiary/aromatic N) is 1. The molecule has 4 aromatic rings. The van der Waals surface area contributed by atoms with E-state index in [1.54, 1.807) is 41.7 Å². The molecule has 2 aromatic heterocycles. The van der Waals surface area contributed by atoms with Crippen molar-refractivity contribution in [2.45, 2.75) is 6.92 Å². The number of H-pyrrole nitrogens is 1. The number of aromatic amines is 1. The lowest BCUT2D eigenvalue weighted by Crippen LogP contribution is -2.13. The Labute approximate surface area is 186 Å². The molecule has 0 fully saturated rings. The van der Waals surface area contributed by atoms with Gasteiger partial charge in [0.25, 0.3) is 5.56 Å². The molecule has 0 unspecified atom stereocenters. The van der Waals surface area contributed by atoms with Crippen molar-refractivity contribution in [1.82, 2.24) is 4.98 Å². The van der Waals surface area contributed by atoms with E-state index in [1.807, 2.05) is 35.9 Å². The second-order valence-electron chi connectivity index (χ2n) is 6.74. The number of halogens is 2. The highest BCUT2D eigenvalue weighted by Crippen LogP contribution is 2.38. The fraction of sp³-hybridized carbons (Fsp3) is 0.0435. The van der Waals surface area contributed by atoms with Gasteiger partial charge in [-0.25, -0.2) is 0 Å². The van der Waals surface area contributed by atoms with Crippen LogP contribution in [0.4, 0.5) is 0 Å². The van der Waals surface area contributed by atoms with Gasteiger partial charge in [0.1, 0.15) is 17.4 Å². The van der Waals surface area contributed by atoms with Gasteiger partial charge in [0.2, 0.25) is 0 Å². The topological polar surface area (TPSA) is 76.9 Å². The molecule has 2 aromatic carbocycles. The van der Waals surface area contributed by atoms with E-state index in [0.29, 0.717) is 32.4 Å². The van der Waals surface area contributed by atoms with Crippen LogP contribution in [0.5, 0.6) is 5.75 Å². The minimum absolute atomic E-state index is 0.00938. The minimum atomic E-state index is -0.572. The number of pyridine rings is 1. The van der Waals surface area contributed by atoms with Gasteiger partial charge in [0, 0.05) is 26.7 Å². The van der Waals surface area contributed by atoms with E-state index in [0.717, 1.165) is 16.7 Å². The van der Waals surface area contributed by atoms with Gasteiger partial charge in [-0.05, 0) is 70.8 Å². The Hall–Kier alpha value is -3.04. The Kier molecular flexibility index (Phi) is 5.40. The third-order valence-corrected chi connectivity index (χ3v) is 6.24. The first-order valence-corrected chi connectivity index (χ1v) is 10.6. The molecule has 4 nitrogen and oxygen atoms in total. The summed E-state index contributed by atoms with van der Waals surface area (Å²) >= 11 is 14.0. The number of nitrogens with one attached hydrogen (secondary N) is 1. The van der Waals surface area contributed by atoms with Crippen molar-refractivity contribution >= 4 is 34.5 Å². The Bertz CT molecular complexity index is 1380. The molecule has 2 heterocycles. The van der Waals surface area contributed by atoms with Crippen LogP contribution in [0.15, 0.2) is 58.0 Å². The third-order valence-electron chi connectivity index (χ3n) is 4.82. The molecule has 0 amide bonds. The number of phenolic OH excluding ortho intramolecular Hbond substituents is 1. The fourth-order valence-corrected chi connectivity index (χ4v) is 4.56. The van der Waals surface area contributed by atoms with Gasteiger partial charge in [-0.3, -0.25) is 4.79 Å². The number of nitriles is 1. The number of aromatic hydroxyl groups is 1. The van der Waals surface area contributed by atoms with Crippen molar-refractivity contribution in [2.24, 2.45) is 0 Å². The quantitative estimate of drug-likeness (QED) is 0.366. The van der Waals surface area contributed by atoms with Gasteiger partial charge >= 0.3 is 0 Å². The number of rotatable bonds is 3. The predicted octanol–water partition coefficient (Wildman–Crippen LogP) is 6.63. The second kappa shape index (κ2) is 8.00. The van der Waals surface area contributed by atoms with E-state index in [1.165, 1.54) is 0 Å². The zero-order chi connectivity index (χ0) is 21.4. The van der Waals surface area contributed by atoms with E-state index in [9.17, 15) is 15.2 Å². The molecule has 0 saturated carbocycles. The van der Waals surface area contributed by atoms with Gasteiger partial charge < -0.3 is 10.1 Å². The molecule has 0 aliphatic heterocycles. The highest BCUT2D eigenvalue weighted by atomic mass is 35.5. The van der Waals surface area contributed by atoms with Crippen molar-refractivity contribution in [1.29, 1.82) is 5.26 Å². The van der Waals surface area contributed by atoms with Crippen LogP contribution in [0.25, 0.3) is 33.5 Å². The van der Waals surface area contributed by atoms with Crippen LogP contribution in [0, 0.1) is 18.3 Å². The van der Waals surface area contributed by atoms with E-state index in [-0.39, 0.29) is 11.3 Å². The van der Waals surface area contributed by atoms with Crippen molar-refractivity contribution in [3.05, 3.63) is 84.8 Å². The Morgan fingerprint density at radius 3 is 2.50 bits per heavy atom. The molecular weight excluding hydrogens is 439 g/mol. The van der Waals surface area contributed by atoms with Crippen LogP contribution in [0.1, 0.15) is 11.1 Å².